The highest BCUT2D eigenvalue weighted by atomic mass is 19.1. The Labute approximate surface area is 120 Å². The van der Waals surface area contributed by atoms with Crippen molar-refractivity contribution in [3.63, 3.8) is 0 Å². The van der Waals surface area contributed by atoms with Crippen LogP contribution in [0.1, 0.15) is 55.7 Å². The maximum absolute atomic E-state index is 13.7. The topological polar surface area (TPSA) is 26.0 Å². The molecule has 4 fully saturated rings. The minimum atomic E-state index is -0.139. The molecule has 0 amide bonds. The summed E-state index contributed by atoms with van der Waals surface area (Å²) in [6.45, 7) is 1.96. The van der Waals surface area contributed by atoms with E-state index in [1.165, 1.54) is 38.5 Å². The van der Waals surface area contributed by atoms with Gasteiger partial charge in [0.25, 0.3) is 0 Å². The molecule has 0 heterocycles. The maximum atomic E-state index is 13.7. The van der Waals surface area contributed by atoms with Crippen LogP contribution in [0.3, 0.4) is 0 Å². The molecule has 0 saturated heterocycles. The first-order valence-electron chi connectivity index (χ1n) is 8.07. The molecule has 20 heavy (non-hydrogen) atoms. The molecule has 2 heteroatoms. The summed E-state index contributed by atoms with van der Waals surface area (Å²) in [6.07, 6.45) is 8.09. The van der Waals surface area contributed by atoms with Crippen molar-refractivity contribution in [1.29, 1.82) is 0 Å². The summed E-state index contributed by atoms with van der Waals surface area (Å²) in [5, 5.41) is 0. The highest BCUT2D eigenvalue weighted by Crippen LogP contribution is 2.63. The van der Waals surface area contributed by atoms with Crippen molar-refractivity contribution < 1.29 is 4.39 Å². The quantitative estimate of drug-likeness (QED) is 0.851. The molecule has 4 aliphatic rings. The van der Waals surface area contributed by atoms with Gasteiger partial charge in [0.1, 0.15) is 5.82 Å². The van der Waals surface area contributed by atoms with Gasteiger partial charge in [0.2, 0.25) is 0 Å². The SMILES string of the molecule is Cc1cc(F)cc(C(N)C23CC4CC(CC(C4)C2)C3)c1. The van der Waals surface area contributed by atoms with Gasteiger partial charge in [-0.15, -0.1) is 0 Å². The molecular formula is C18H24FN. The molecule has 4 aliphatic carbocycles. The van der Waals surface area contributed by atoms with E-state index in [1.807, 2.05) is 6.92 Å². The lowest BCUT2D eigenvalue weighted by atomic mass is 9.47. The Morgan fingerprint density at radius 2 is 1.60 bits per heavy atom. The molecule has 1 nitrogen and oxygen atoms in total. The van der Waals surface area contributed by atoms with Crippen molar-refractivity contribution >= 4 is 0 Å². The molecular weight excluding hydrogens is 249 g/mol. The molecule has 1 atom stereocenters. The predicted octanol–water partition coefficient (Wildman–Crippen LogP) is 4.35. The smallest absolute Gasteiger partial charge is 0.123 e. The average Bonchev–Trinajstić information content (AvgIpc) is 2.35. The van der Waals surface area contributed by atoms with Gasteiger partial charge < -0.3 is 5.73 Å². The van der Waals surface area contributed by atoms with Gasteiger partial charge in [-0.2, -0.15) is 0 Å². The molecule has 0 aromatic heterocycles. The number of benzene rings is 1. The molecule has 0 aliphatic heterocycles. The zero-order chi connectivity index (χ0) is 13.9. The highest BCUT2D eigenvalue weighted by Gasteiger charge is 2.53. The normalized spacial score (nSPS) is 40.0. The second kappa shape index (κ2) is 4.30. The van der Waals surface area contributed by atoms with Crippen LogP contribution < -0.4 is 5.73 Å². The maximum Gasteiger partial charge on any atom is 0.123 e. The minimum Gasteiger partial charge on any atom is -0.323 e. The van der Waals surface area contributed by atoms with E-state index in [0.717, 1.165) is 28.9 Å². The lowest BCUT2D eigenvalue weighted by Crippen LogP contribution is -2.50. The number of hydrogen-bond acceptors (Lipinski definition) is 1. The van der Waals surface area contributed by atoms with Crippen LogP contribution in [0.4, 0.5) is 4.39 Å². The monoisotopic (exact) mass is 273 g/mol. The second-order valence-corrected chi connectivity index (χ2v) is 7.82. The first-order valence-corrected chi connectivity index (χ1v) is 8.07. The molecule has 5 rings (SSSR count). The second-order valence-electron chi connectivity index (χ2n) is 7.82. The van der Waals surface area contributed by atoms with Crippen LogP contribution in [0.25, 0.3) is 0 Å². The Hall–Kier alpha value is -0.890. The number of aryl methyl sites for hydroxylation is 1. The molecule has 0 spiro atoms. The summed E-state index contributed by atoms with van der Waals surface area (Å²) < 4.78 is 13.7. The average molecular weight is 273 g/mol. The van der Waals surface area contributed by atoms with Crippen LogP contribution in [0.2, 0.25) is 0 Å². The standard InChI is InChI=1S/C18H24FN/c1-11-2-15(7-16(19)3-11)17(20)18-8-12-4-13(9-18)6-14(5-12)10-18/h2-3,7,12-14,17H,4-6,8-10,20H2,1H3. The van der Waals surface area contributed by atoms with E-state index >= 15 is 0 Å². The van der Waals surface area contributed by atoms with Crippen LogP contribution in [0, 0.1) is 35.9 Å². The van der Waals surface area contributed by atoms with Gasteiger partial charge in [0, 0.05) is 6.04 Å². The Morgan fingerprint density at radius 1 is 1.05 bits per heavy atom. The minimum absolute atomic E-state index is 0.0188. The summed E-state index contributed by atoms with van der Waals surface area (Å²) in [5.41, 5.74) is 8.93. The Bertz CT molecular complexity index is 481. The third-order valence-electron chi connectivity index (χ3n) is 6.17. The molecule has 0 radical (unpaired) electrons. The summed E-state index contributed by atoms with van der Waals surface area (Å²) in [4.78, 5) is 0. The van der Waals surface area contributed by atoms with Crippen LogP contribution in [0.15, 0.2) is 18.2 Å². The lowest BCUT2D eigenvalue weighted by molar-refractivity contribution is -0.0678. The number of nitrogens with two attached hydrogens (primary N) is 1. The van der Waals surface area contributed by atoms with E-state index in [1.54, 1.807) is 12.1 Å². The Balaban J connectivity index is 1.69. The predicted molar refractivity (Wildman–Crippen MR) is 78.7 cm³/mol. The summed E-state index contributed by atoms with van der Waals surface area (Å²) in [6, 6.07) is 5.36. The highest BCUT2D eigenvalue weighted by molar-refractivity contribution is 5.28. The van der Waals surface area contributed by atoms with Gasteiger partial charge in [-0.1, -0.05) is 6.07 Å². The summed E-state index contributed by atoms with van der Waals surface area (Å²) in [7, 11) is 0. The summed E-state index contributed by atoms with van der Waals surface area (Å²) >= 11 is 0. The third-order valence-corrected chi connectivity index (χ3v) is 6.17. The zero-order valence-electron chi connectivity index (χ0n) is 12.2. The van der Waals surface area contributed by atoms with Gasteiger partial charge in [0.05, 0.1) is 0 Å². The van der Waals surface area contributed by atoms with Crippen LogP contribution >= 0.6 is 0 Å². The third kappa shape index (κ3) is 1.92. The number of halogens is 1. The molecule has 4 saturated carbocycles. The van der Waals surface area contributed by atoms with E-state index in [-0.39, 0.29) is 17.3 Å². The van der Waals surface area contributed by atoms with Gasteiger partial charge in [-0.05, 0) is 91.9 Å². The molecule has 4 bridgehead atoms. The fraction of sp³-hybridized carbons (Fsp3) is 0.667. The van der Waals surface area contributed by atoms with Crippen molar-refractivity contribution in [2.24, 2.45) is 28.9 Å². The lowest BCUT2D eigenvalue weighted by Gasteiger charge is -2.59. The molecule has 108 valence electrons. The van der Waals surface area contributed by atoms with Gasteiger partial charge in [-0.3, -0.25) is 0 Å². The zero-order valence-corrected chi connectivity index (χ0v) is 12.2. The van der Waals surface area contributed by atoms with Crippen molar-refractivity contribution in [1.82, 2.24) is 0 Å². The van der Waals surface area contributed by atoms with E-state index in [4.69, 9.17) is 5.73 Å². The van der Waals surface area contributed by atoms with Crippen LogP contribution in [-0.4, -0.2) is 0 Å². The van der Waals surface area contributed by atoms with Crippen LogP contribution in [-0.2, 0) is 0 Å². The first kappa shape index (κ1) is 12.8. The molecule has 1 unspecified atom stereocenters. The van der Waals surface area contributed by atoms with Crippen molar-refractivity contribution in [2.45, 2.75) is 51.5 Å². The fourth-order valence-electron chi connectivity index (χ4n) is 5.86. The van der Waals surface area contributed by atoms with Crippen LogP contribution in [0.5, 0.6) is 0 Å². The molecule has 1 aromatic carbocycles. The molecule has 2 N–H and O–H groups in total. The number of hydrogen-bond donors (Lipinski definition) is 1. The Morgan fingerprint density at radius 3 is 2.10 bits per heavy atom. The number of rotatable bonds is 2. The van der Waals surface area contributed by atoms with E-state index in [0.29, 0.717) is 0 Å². The molecule has 1 aromatic rings. The Kier molecular flexibility index (Phi) is 2.76. The van der Waals surface area contributed by atoms with Crippen molar-refractivity contribution in [2.75, 3.05) is 0 Å². The van der Waals surface area contributed by atoms with Gasteiger partial charge in [-0.25, -0.2) is 4.39 Å². The van der Waals surface area contributed by atoms with Crippen molar-refractivity contribution in [3.05, 3.63) is 35.1 Å². The van der Waals surface area contributed by atoms with E-state index in [9.17, 15) is 4.39 Å². The first-order chi connectivity index (χ1) is 9.54. The van der Waals surface area contributed by atoms with Crippen molar-refractivity contribution in [3.8, 4) is 0 Å². The fourth-order valence-corrected chi connectivity index (χ4v) is 5.86. The van der Waals surface area contributed by atoms with E-state index < -0.39 is 0 Å². The summed E-state index contributed by atoms with van der Waals surface area (Å²) in [5.74, 6) is 2.53. The van der Waals surface area contributed by atoms with E-state index in [2.05, 4.69) is 6.07 Å². The largest absolute Gasteiger partial charge is 0.323 e. The van der Waals surface area contributed by atoms with Gasteiger partial charge >= 0.3 is 0 Å². The van der Waals surface area contributed by atoms with Gasteiger partial charge in [0.15, 0.2) is 0 Å².